The van der Waals surface area contributed by atoms with Gasteiger partial charge in [-0.2, -0.15) is 0 Å². The SMILES string of the molecule is COc1ccc2ccc(-c3ccccc3)c3c2c1C=CC3O. The van der Waals surface area contributed by atoms with E-state index in [1.807, 2.05) is 42.5 Å². The average Bonchev–Trinajstić information content (AvgIpc) is 2.58. The van der Waals surface area contributed by atoms with E-state index in [1.54, 1.807) is 7.11 Å². The predicted molar refractivity (Wildman–Crippen MR) is 89.9 cm³/mol. The molecule has 4 rings (SSSR count). The highest BCUT2D eigenvalue weighted by molar-refractivity contribution is 6.01. The maximum absolute atomic E-state index is 10.5. The first-order valence-electron chi connectivity index (χ1n) is 7.35. The first kappa shape index (κ1) is 13.1. The summed E-state index contributed by atoms with van der Waals surface area (Å²) in [6.07, 6.45) is 3.18. The Morgan fingerprint density at radius 1 is 0.955 bits per heavy atom. The fraction of sp³-hybridized carbons (Fsp3) is 0.100. The third-order valence-corrected chi connectivity index (χ3v) is 4.27. The Morgan fingerprint density at radius 3 is 2.50 bits per heavy atom. The zero-order chi connectivity index (χ0) is 15.1. The molecule has 0 aliphatic heterocycles. The van der Waals surface area contributed by atoms with Crippen LogP contribution >= 0.6 is 0 Å². The molecule has 0 spiro atoms. The minimum Gasteiger partial charge on any atom is -0.496 e. The quantitative estimate of drug-likeness (QED) is 0.748. The Bertz CT molecular complexity index is 879. The first-order valence-corrected chi connectivity index (χ1v) is 7.35. The van der Waals surface area contributed by atoms with Crippen molar-refractivity contribution in [1.82, 2.24) is 0 Å². The summed E-state index contributed by atoms with van der Waals surface area (Å²) in [6.45, 7) is 0. The maximum Gasteiger partial charge on any atom is 0.126 e. The molecule has 2 nitrogen and oxygen atoms in total. The summed E-state index contributed by atoms with van der Waals surface area (Å²) in [5.74, 6) is 0.835. The van der Waals surface area contributed by atoms with Crippen LogP contribution in [0.4, 0.5) is 0 Å². The van der Waals surface area contributed by atoms with Crippen LogP contribution in [0.3, 0.4) is 0 Å². The Morgan fingerprint density at radius 2 is 1.73 bits per heavy atom. The highest BCUT2D eigenvalue weighted by Gasteiger charge is 2.22. The van der Waals surface area contributed by atoms with Gasteiger partial charge in [0.1, 0.15) is 5.75 Å². The lowest BCUT2D eigenvalue weighted by atomic mass is 9.85. The molecule has 0 amide bonds. The lowest BCUT2D eigenvalue weighted by Crippen LogP contribution is -2.04. The van der Waals surface area contributed by atoms with Crippen molar-refractivity contribution >= 4 is 16.8 Å². The smallest absolute Gasteiger partial charge is 0.126 e. The van der Waals surface area contributed by atoms with Crippen LogP contribution in [0.2, 0.25) is 0 Å². The van der Waals surface area contributed by atoms with Crippen molar-refractivity contribution in [3.63, 3.8) is 0 Å². The largest absolute Gasteiger partial charge is 0.496 e. The normalized spacial score (nSPS) is 16.0. The molecule has 0 aromatic heterocycles. The van der Waals surface area contributed by atoms with Crippen molar-refractivity contribution in [2.45, 2.75) is 6.10 Å². The summed E-state index contributed by atoms with van der Waals surface area (Å²) in [5, 5.41) is 12.7. The van der Waals surface area contributed by atoms with Crippen molar-refractivity contribution in [3.8, 4) is 16.9 Å². The molecule has 0 heterocycles. The number of benzene rings is 3. The Hall–Kier alpha value is -2.58. The summed E-state index contributed by atoms with van der Waals surface area (Å²) >= 11 is 0. The highest BCUT2D eigenvalue weighted by Crippen LogP contribution is 2.42. The fourth-order valence-electron chi connectivity index (χ4n) is 3.26. The van der Waals surface area contributed by atoms with E-state index in [2.05, 4.69) is 24.3 Å². The van der Waals surface area contributed by atoms with Crippen molar-refractivity contribution in [3.05, 3.63) is 71.8 Å². The van der Waals surface area contributed by atoms with Gasteiger partial charge in [-0.05, 0) is 28.0 Å². The summed E-state index contributed by atoms with van der Waals surface area (Å²) in [5.41, 5.74) is 4.18. The fourth-order valence-corrected chi connectivity index (χ4v) is 3.26. The highest BCUT2D eigenvalue weighted by atomic mass is 16.5. The minimum absolute atomic E-state index is 0.599. The zero-order valence-electron chi connectivity index (χ0n) is 12.3. The van der Waals surface area contributed by atoms with E-state index in [0.29, 0.717) is 0 Å². The van der Waals surface area contributed by atoms with E-state index in [4.69, 9.17) is 4.74 Å². The number of methoxy groups -OCH3 is 1. The van der Waals surface area contributed by atoms with Crippen LogP contribution in [0.1, 0.15) is 17.2 Å². The van der Waals surface area contributed by atoms with Gasteiger partial charge in [-0.1, -0.05) is 60.7 Å². The van der Waals surface area contributed by atoms with E-state index >= 15 is 0 Å². The number of ether oxygens (including phenoxy) is 1. The Kier molecular flexibility index (Phi) is 2.98. The van der Waals surface area contributed by atoms with E-state index in [-0.39, 0.29) is 0 Å². The van der Waals surface area contributed by atoms with Gasteiger partial charge in [0.2, 0.25) is 0 Å². The van der Waals surface area contributed by atoms with Crippen LogP contribution in [0.15, 0.2) is 60.7 Å². The second-order valence-corrected chi connectivity index (χ2v) is 5.48. The molecule has 0 bridgehead atoms. The van der Waals surface area contributed by atoms with Gasteiger partial charge in [0.05, 0.1) is 13.2 Å². The molecule has 1 N–H and O–H groups in total. The van der Waals surface area contributed by atoms with Gasteiger partial charge in [-0.15, -0.1) is 0 Å². The number of rotatable bonds is 2. The van der Waals surface area contributed by atoms with Crippen molar-refractivity contribution in [2.24, 2.45) is 0 Å². The van der Waals surface area contributed by atoms with Crippen LogP contribution in [-0.2, 0) is 0 Å². The monoisotopic (exact) mass is 288 g/mol. The summed E-state index contributed by atoms with van der Waals surface area (Å²) in [4.78, 5) is 0. The van der Waals surface area contributed by atoms with Crippen LogP contribution in [0.5, 0.6) is 5.75 Å². The third-order valence-electron chi connectivity index (χ3n) is 4.27. The number of aliphatic hydroxyl groups is 1. The van der Waals surface area contributed by atoms with Gasteiger partial charge in [-0.25, -0.2) is 0 Å². The average molecular weight is 288 g/mol. The molecule has 3 aromatic rings. The van der Waals surface area contributed by atoms with Gasteiger partial charge >= 0.3 is 0 Å². The maximum atomic E-state index is 10.5. The Labute approximate surface area is 129 Å². The second kappa shape index (κ2) is 5.00. The van der Waals surface area contributed by atoms with Gasteiger partial charge in [0.15, 0.2) is 0 Å². The number of hydrogen-bond donors (Lipinski definition) is 1. The molecule has 22 heavy (non-hydrogen) atoms. The standard InChI is InChI=1S/C20H16O2/c1-22-18-12-8-14-7-9-15(13-5-3-2-4-6-13)20-17(21)11-10-16(18)19(14)20/h2-12,17,21H,1H3. The molecular weight excluding hydrogens is 272 g/mol. The van der Waals surface area contributed by atoms with E-state index < -0.39 is 6.10 Å². The molecular formula is C20H16O2. The zero-order valence-corrected chi connectivity index (χ0v) is 12.3. The minimum atomic E-state index is -0.599. The molecule has 3 aromatic carbocycles. The van der Waals surface area contributed by atoms with Gasteiger partial charge < -0.3 is 9.84 Å². The van der Waals surface area contributed by atoms with E-state index in [0.717, 1.165) is 38.8 Å². The van der Waals surface area contributed by atoms with Crippen molar-refractivity contribution < 1.29 is 9.84 Å². The second-order valence-electron chi connectivity index (χ2n) is 5.48. The lowest BCUT2D eigenvalue weighted by Gasteiger charge is -2.22. The van der Waals surface area contributed by atoms with E-state index in [9.17, 15) is 5.11 Å². The molecule has 1 unspecified atom stereocenters. The van der Waals surface area contributed by atoms with E-state index in [1.165, 1.54) is 0 Å². The summed E-state index contributed by atoms with van der Waals surface area (Å²) in [7, 11) is 1.68. The molecule has 1 atom stereocenters. The molecule has 108 valence electrons. The molecule has 2 heteroatoms. The first-order chi connectivity index (χ1) is 10.8. The lowest BCUT2D eigenvalue weighted by molar-refractivity contribution is 0.231. The third kappa shape index (κ3) is 1.85. The van der Waals surface area contributed by atoms with Crippen LogP contribution in [0, 0.1) is 0 Å². The molecule has 0 saturated carbocycles. The van der Waals surface area contributed by atoms with Gasteiger partial charge in [0.25, 0.3) is 0 Å². The number of hydrogen-bond acceptors (Lipinski definition) is 2. The van der Waals surface area contributed by atoms with Gasteiger partial charge in [0, 0.05) is 11.1 Å². The summed E-state index contributed by atoms with van der Waals surface area (Å²) < 4.78 is 5.48. The molecule has 0 saturated heterocycles. The van der Waals surface area contributed by atoms with Crippen molar-refractivity contribution in [1.29, 1.82) is 0 Å². The van der Waals surface area contributed by atoms with Crippen molar-refractivity contribution in [2.75, 3.05) is 7.11 Å². The molecule has 0 fully saturated rings. The van der Waals surface area contributed by atoms with Crippen LogP contribution < -0.4 is 4.74 Å². The molecule has 0 radical (unpaired) electrons. The molecule has 1 aliphatic carbocycles. The predicted octanol–water partition coefficient (Wildman–Crippen LogP) is 4.58. The van der Waals surface area contributed by atoms with Gasteiger partial charge in [-0.3, -0.25) is 0 Å². The van der Waals surface area contributed by atoms with Crippen LogP contribution in [0.25, 0.3) is 28.0 Å². The van der Waals surface area contributed by atoms with Crippen LogP contribution in [-0.4, -0.2) is 12.2 Å². The summed E-state index contributed by atoms with van der Waals surface area (Å²) in [6, 6.07) is 18.4. The Balaban J connectivity index is 2.11. The number of aliphatic hydroxyl groups excluding tert-OH is 1. The molecule has 1 aliphatic rings. The topological polar surface area (TPSA) is 29.5 Å².